The summed E-state index contributed by atoms with van der Waals surface area (Å²) in [4.78, 5) is 11.3. The van der Waals surface area contributed by atoms with Crippen LogP contribution in [0.4, 0.5) is 0 Å². The molecule has 2 atom stereocenters. The molecule has 0 aliphatic heterocycles. The van der Waals surface area contributed by atoms with Gasteiger partial charge in [0, 0.05) is 0 Å². The van der Waals surface area contributed by atoms with Crippen molar-refractivity contribution in [3.63, 3.8) is 0 Å². The summed E-state index contributed by atoms with van der Waals surface area (Å²) in [5.74, 6) is -1.72. The first-order valence-corrected chi connectivity index (χ1v) is 9.32. The number of carboxylic acid groups (broad SMARTS) is 1. The predicted molar refractivity (Wildman–Crippen MR) is 94.5 cm³/mol. The Morgan fingerprint density at radius 1 is 0.923 bits per heavy atom. The summed E-state index contributed by atoms with van der Waals surface area (Å²) in [6.45, 7) is 0. The van der Waals surface area contributed by atoms with E-state index >= 15 is 0 Å². The number of sulfonamides is 1. The van der Waals surface area contributed by atoms with Crippen LogP contribution in [-0.4, -0.2) is 25.5 Å². The second-order valence-corrected chi connectivity index (χ2v) is 7.50. The van der Waals surface area contributed by atoms with Crippen molar-refractivity contribution in [2.45, 2.75) is 17.0 Å². The highest BCUT2D eigenvalue weighted by Gasteiger charge is 2.28. The number of aliphatic hydroxyl groups is 1. The zero-order valence-electron chi connectivity index (χ0n) is 13.6. The smallest absolute Gasteiger partial charge is 0.241 e. The quantitative estimate of drug-likeness (QED) is 0.672. The van der Waals surface area contributed by atoms with Gasteiger partial charge in [-0.15, -0.1) is 0 Å². The minimum absolute atomic E-state index is 0.0947. The van der Waals surface area contributed by atoms with E-state index in [2.05, 4.69) is 0 Å². The maximum Gasteiger partial charge on any atom is 0.241 e. The van der Waals surface area contributed by atoms with Crippen LogP contribution in [-0.2, 0) is 14.8 Å². The van der Waals surface area contributed by atoms with Crippen molar-refractivity contribution in [3.05, 3.63) is 78.4 Å². The van der Waals surface area contributed by atoms with Gasteiger partial charge in [-0.2, -0.15) is 4.72 Å². The number of nitrogens with one attached hydrogen (secondary N) is 1. The van der Waals surface area contributed by atoms with Crippen LogP contribution < -0.4 is 9.83 Å². The van der Waals surface area contributed by atoms with Crippen molar-refractivity contribution in [2.75, 3.05) is 0 Å². The van der Waals surface area contributed by atoms with E-state index in [0.29, 0.717) is 5.39 Å². The largest absolute Gasteiger partial charge is 0.548 e. The summed E-state index contributed by atoms with van der Waals surface area (Å²) in [5, 5.41) is 23.3. The van der Waals surface area contributed by atoms with E-state index in [-0.39, 0.29) is 10.5 Å². The van der Waals surface area contributed by atoms with Gasteiger partial charge in [-0.3, -0.25) is 0 Å². The van der Waals surface area contributed by atoms with Gasteiger partial charge in [0.15, 0.2) is 0 Å². The zero-order chi connectivity index (χ0) is 18.7. The Bertz CT molecular complexity index is 1030. The van der Waals surface area contributed by atoms with Crippen LogP contribution in [0.5, 0.6) is 0 Å². The molecule has 3 aromatic rings. The Hall–Kier alpha value is -2.74. The van der Waals surface area contributed by atoms with E-state index in [1.54, 1.807) is 36.4 Å². The van der Waals surface area contributed by atoms with Gasteiger partial charge in [0.2, 0.25) is 10.0 Å². The lowest BCUT2D eigenvalue weighted by molar-refractivity contribution is -0.310. The second kappa shape index (κ2) is 7.25. The molecule has 6 nitrogen and oxygen atoms in total. The van der Waals surface area contributed by atoms with E-state index < -0.39 is 28.1 Å². The number of fused-ring (bicyclic) bond motifs is 1. The van der Waals surface area contributed by atoms with Gasteiger partial charge in [-0.05, 0) is 28.5 Å². The van der Waals surface area contributed by atoms with Crippen LogP contribution in [0.15, 0.2) is 77.7 Å². The number of benzene rings is 3. The fourth-order valence-electron chi connectivity index (χ4n) is 2.65. The molecule has 0 radical (unpaired) electrons. The molecule has 0 spiro atoms. The summed E-state index contributed by atoms with van der Waals surface area (Å²) < 4.78 is 27.3. The fourth-order valence-corrected chi connectivity index (χ4v) is 3.88. The fraction of sp³-hybridized carbons (Fsp3) is 0.105. The summed E-state index contributed by atoms with van der Waals surface area (Å²) in [6.07, 6.45) is -1.59. The van der Waals surface area contributed by atoms with Gasteiger partial charge in [-0.25, -0.2) is 8.42 Å². The first-order chi connectivity index (χ1) is 12.4. The summed E-state index contributed by atoms with van der Waals surface area (Å²) in [5.41, 5.74) is 0.267. The van der Waals surface area contributed by atoms with E-state index in [1.165, 1.54) is 24.3 Å². The molecule has 0 saturated carbocycles. The molecule has 134 valence electrons. The molecule has 0 aromatic heterocycles. The minimum atomic E-state index is -4.18. The molecule has 0 aliphatic rings. The van der Waals surface area contributed by atoms with Crippen molar-refractivity contribution < 1.29 is 23.4 Å². The topological polar surface area (TPSA) is 107 Å². The molecule has 3 aromatic carbocycles. The summed E-state index contributed by atoms with van der Waals surface area (Å²) in [7, 11) is -4.18. The molecule has 0 unspecified atom stereocenters. The van der Waals surface area contributed by atoms with Crippen molar-refractivity contribution in [3.8, 4) is 0 Å². The number of aliphatic carboxylic acids is 1. The van der Waals surface area contributed by atoms with Gasteiger partial charge >= 0.3 is 0 Å². The van der Waals surface area contributed by atoms with Gasteiger partial charge in [0.25, 0.3) is 0 Å². The Morgan fingerprint density at radius 2 is 1.54 bits per heavy atom. The molecule has 0 saturated heterocycles. The Labute approximate surface area is 150 Å². The third-order valence-corrected chi connectivity index (χ3v) is 5.46. The molecule has 26 heavy (non-hydrogen) atoms. The lowest BCUT2D eigenvalue weighted by atomic mass is 10.0. The lowest BCUT2D eigenvalue weighted by Crippen LogP contribution is -2.51. The standard InChI is InChI=1S/C19H17NO5S/c21-18(14-7-2-1-3-8-14)17(19(22)23)20-26(24,25)16-11-10-13-6-4-5-9-15(13)12-16/h1-12,17-18,20-21H,(H,22,23)/p-1/t17-,18-/m1/s1. The number of aliphatic hydroxyl groups excluding tert-OH is 1. The first kappa shape index (κ1) is 18.1. The average molecular weight is 370 g/mol. The highest BCUT2D eigenvalue weighted by atomic mass is 32.2. The van der Waals surface area contributed by atoms with Gasteiger partial charge in [-0.1, -0.05) is 60.7 Å². The first-order valence-electron chi connectivity index (χ1n) is 7.83. The number of hydrogen-bond donors (Lipinski definition) is 2. The average Bonchev–Trinajstić information content (AvgIpc) is 2.65. The van der Waals surface area contributed by atoms with Crippen LogP contribution in [0.1, 0.15) is 11.7 Å². The normalized spacial score (nSPS) is 14.0. The number of hydrogen-bond acceptors (Lipinski definition) is 5. The van der Waals surface area contributed by atoms with Crippen molar-refractivity contribution in [1.82, 2.24) is 4.72 Å². The maximum absolute atomic E-state index is 12.6. The summed E-state index contributed by atoms with van der Waals surface area (Å²) >= 11 is 0. The van der Waals surface area contributed by atoms with Gasteiger partial charge in [0.05, 0.1) is 16.9 Å². The van der Waals surface area contributed by atoms with Gasteiger partial charge < -0.3 is 15.0 Å². The highest BCUT2D eigenvalue weighted by Crippen LogP contribution is 2.21. The molecular weight excluding hydrogens is 354 g/mol. The lowest BCUT2D eigenvalue weighted by Gasteiger charge is -2.25. The Kier molecular flexibility index (Phi) is 5.03. The second-order valence-electron chi connectivity index (χ2n) is 5.78. The Balaban J connectivity index is 1.93. The van der Waals surface area contributed by atoms with Crippen LogP contribution in [0.2, 0.25) is 0 Å². The van der Waals surface area contributed by atoms with Crippen LogP contribution >= 0.6 is 0 Å². The van der Waals surface area contributed by atoms with Crippen molar-refractivity contribution in [2.24, 2.45) is 0 Å². The Morgan fingerprint density at radius 3 is 2.19 bits per heavy atom. The van der Waals surface area contributed by atoms with Crippen molar-refractivity contribution in [1.29, 1.82) is 0 Å². The van der Waals surface area contributed by atoms with E-state index in [9.17, 15) is 23.4 Å². The predicted octanol–water partition coefficient (Wildman–Crippen LogP) is 0.970. The molecule has 0 aliphatic carbocycles. The third kappa shape index (κ3) is 3.75. The molecule has 2 N–H and O–H groups in total. The molecular formula is C19H16NO5S-. The van der Waals surface area contributed by atoms with Crippen LogP contribution in [0.25, 0.3) is 10.8 Å². The van der Waals surface area contributed by atoms with Gasteiger partial charge in [0.1, 0.15) is 6.10 Å². The molecule has 7 heteroatoms. The van der Waals surface area contributed by atoms with Crippen molar-refractivity contribution >= 4 is 26.8 Å². The molecule has 3 rings (SSSR count). The minimum Gasteiger partial charge on any atom is -0.548 e. The number of rotatable bonds is 6. The highest BCUT2D eigenvalue weighted by molar-refractivity contribution is 7.89. The molecule has 0 heterocycles. The van der Waals surface area contributed by atoms with E-state index in [0.717, 1.165) is 5.39 Å². The number of carbonyl (C=O) groups is 1. The zero-order valence-corrected chi connectivity index (χ0v) is 14.4. The number of carboxylic acids is 1. The molecule has 0 fully saturated rings. The van der Waals surface area contributed by atoms with E-state index in [1.807, 2.05) is 16.9 Å². The number of carbonyl (C=O) groups excluding carboxylic acids is 1. The third-order valence-electron chi connectivity index (χ3n) is 4.02. The van der Waals surface area contributed by atoms with E-state index in [4.69, 9.17) is 0 Å². The summed E-state index contributed by atoms with van der Waals surface area (Å²) in [6, 6.07) is 17.8. The van der Waals surface area contributed by atoms with Crippen LogP contribution in [0.3, 0.4) is 0 Å². The molecule has 0 amide bonds. The maximum atomic E-state index is 12.6. The SMILES string of the molecule is O=C([O-])[C@H](NS(=O)(=O)c1ccc2ccccc2c1)[C@H](O)c1ccccc1. The molecule has 0 bridgehead atoms. The van der Waals surface area contributed by atoms with Crippen LogP contribution in [0, 0.1) is 0 Å². The monoisotopic (exact) mass is 370 g/mol.